The zero-order valence-corrected chi connectivity index (χ0v) is 17.1. The Hall–Kier alpha value is -1.71. The standard InChI is InChI=1S/C17H25N7.HI/c1-3-19-17(20-9-7-14-6-8-18-10-13(14)2)23-15-4-5-16-21-12-22-24(16)11-15;/h6,8,10,12,15H,3-5,7,9,11H2,1-2H3,(H2,19,20,23);1H. The summed E-state index contributed by atoms with van der Waals surface area (Å²) in [5.41, 5.74) is 2.52. The molecule has 0 saturated heterocycles. The van der Waals surface area contributed by atoms with Crippen LogP contribution in [0.15, 0.2) is 29.8 Å². The van der Waals surface area contributed by atoms with Gasteiger partial charge < -0.3 is 10.6 Å². The first kappa shape index (κ1) is 19.6. The Morgan fingerprint density at radius 1 is 1.44 bits per heavy atom. The average Bonchev–Trinajstić information content (AvgIpc) is 3.04. The van der Waals surface area contributed by atoms with Crippen molar-refractivity contribution >= 4 is 29.9 Å². The molecular weight excluding hydrogens is 429 g/mol. The summed E-state index contributed by atoms with van der Waals surface area (Å²) in [5, 5.41) is 11.1. The van der Waals surface area contributed by atoms with E-state index in [1.54, 1.807) is 6.33 Å². The second-order valence-corrected chi connectivity index (χ2v) is 6.05. The van der Waals surface area contributed by atoms with Crippen molar-refractivity contribution in [1.82, 2.24) is 30.4 Å². The third kappa shape index (κ3) is 5.38. The van der Waals surface area contributed by atoms with Crippen molar-refractivity contribution in [3.63, 3.8) is 0 Å². The molecular formula is C17H26IN7. The van der Waals surface area contributed by atoms with Gasteiger partial charge in [-0.25, -0.2) is 9.67 Å². The van der Waals surface area contributed by atoms with E-state index >= 15 is 0 Å². The lowest BCUT2D eigenvalue weighted by molar-refractivity contribution is 0.393. The molecule has 1 atom stereocenters. The second kappa shape index (κ2) is 9.69. The van der Waals surface area contributed by atoms with Gasteiger partial charge in [-0.05, 0) is 43.9 Å². The van der Waals surface area contributed by atoms with Crippen molar-refractivity contribution in [3.8, 4) is 0 Å². The molecule has 0 fully saturated rings. The van der Waals surface area contributed by atoms with Crippen molar-refractivity contribution in [3.05, 3.63) is 41.7 Å². The molecule has 0 spiro atoms. The summed E-state index contributed by atoms with van der Waals surface area (Å²) in [4.78, 5) is 13.1. The van der Waals surface area contributed by atoms with Gasteiger partial charge in [-0.2, -0.15) is 5.10 Å². The fourth-order valence-corrected chi connectivity index (χ4v) is 2.94. The second-order valence-electron chi connectivity index (χ2n) is 6.05. The van der Waals surface area contributed by atoms with Gasteiger partial charge in [0.15, 0.2) is 5.96 Å². The van der Waals surface area contributed by atoms with E-state index in [1.807, 2.05) is 17.1 Å². The maximum absolute atomic E-state index is 4.72. The van der Waals surface area contributed by atoms with Crippen LogP contribution in [0.5, 0.6) is 0 Å². The molecule has 3 heterocycles. The zero-order valence-electron chi connectivity index (χ0n) is 14.8. The maximum atomic E-state index is 4.72. The van der Waals surface area contributed by atoms with Gasteiger partial charge in [-0.15, -0.1) is 24.0 Å². The molecule has 8 heteroatoms. The topological polar surface area (TPSA) is 80.0 Å². The number of rotatable bonds is 5. The SMILES string of the molecule is CCNC(=NCCc1ccncc1C)NC1CCc2ncnn2C1.I. The van der Waals surface area contributed by atoms with Crippen LogP contribution in [0.2, 0.25) is 0 Å². The minimum atomic E-state index is 0. The van der Waals surface area contributed by atoms with E-state index < -0.39 is 0 Å². The van der Waals surface area contributed by atoms with Gasteiger partial charge in [0, 0.05) is 37.9 Å². The summed E-state index contributed by atoms with van der Waals surface area (Å²) >= 11 is 0. The smallest absolute Gasteiger partial charge is 0.191 e. The molecule has 7 nitrogen and oxygen atoms in total. The predicted octanol–water partition coefficient (Wildman–Crippen LogP) is 1.71. The molecule has 0 saturated carbocycles. The van der Waals surface area contributed by atoms with E-state index in [4.69, 9.17) is 4.99 Å². The molecule has 25 heavy (non-hydrogen) atoms. The lowest BCUT2D eigenvalue weighted by Gasteiger charge is -2.25. The molecule has 0 bridgehead atoms. The van der Waals surface area contributed by atoms with Crippen molar-refractivity contribution in [2.45, 2.75) is 45.7 Å². The molecule has 0 amide bonds. The predicted molar refractivity (Wildman–Crippen MR) is 109 cm³/mol. The van der Waals surface area contributed by atoms with Crippen LogP contribution in [0.4, 0.5) is 0 Å². The third-order valence-corrected chi connectivity index (χ3v) is 4.28. The molecule has 0 aliphatic carbocycles. The number of nitrogens with one attached hydrogen (secondary N) is 2. The van der Waals surface area contributed by atoms with Gasteiger partial charge in [0.1, 0.15) is 12.2 Å². The molecule has 0 radical (unpaired) electrons. The van der Waals surface area contributed by atoms with E-state index in [0.29, 0.717) is 6.04 Å². The summed E-state index contributed by atoms with van der Waals surface area (Å²) in [6.45, 7) is 6.61. The van der Waals surface area contributed by atoms with Crippen LogP contribution in [0.25, 0.3) is 0 Å². The Bertz CT molecular complexity index is 698. The van der Waals surface area contributed by atoms with E-state index in [1.165, 1.54) is 11.1 Å². The number of guanidine groups is 1. The van der Waals surface area contributed by atoms with E-state index in [0.717, 1.165) is 50.7 Å². The Kier molecular flexibility index (Phi) is 7.60. The van der Waals surface area contributed by atoms with Crippen molar-refractivity contribution < 1.29 is 0 Å². The lowest BCUT2D eigenvalue weighted by Crippen LogP contribution is -2.47. The molecule has 1 aliphatic rings. The first-order valence-corrected chi connectivity index (χ1v) is 8.57. The van der Waals surface area contributed by atoms with Crippen molar-refractivity contribution in [1.29, 1.82) is 0 Å². The van der Waals surface area contributed by atoms with Gasteiger partial charge in [0.05, 0.1) is 6.54 Å². The third-order valence-electron chi connectivity index (χ3n) is 4.28. The molecule has 2 aromatic rings. The van der Waals surface area contributed by atoms with E-state index in [9.17, 15) is 0 Å². The Morgan fingerprint density at radius 2 is 2.32 bits per heavy atom. The molecule has 3 rings (SSSR count). The minimum Gasteiger partial charge on any atom is -0.357 e. The summed E-state index contributed by atoms with van der Waals surface area (Å²) in [6, 6.07) is 2.40. The number of hydrogen-bond acceptors (Lipinski definition) is 4. The van der Waals surface area contributed by atoms with Gasteiger partial charge in [-0.1, -0.05) is 0 Å². The van der Waals surface area contributed by atoms with Crippen LogP contribution in [0, 0.1) is 6.92 Å². The van der Waals surface area contributed by atoms with Gasteiger partial charge >= 0.3 is 0 Å². The van der Waals surface area contributed by atoms with E-state index in [-0.39, 0.29) is 24.0 Å². The Morgan fingerprint density at radius 3 is 3.12 bits per heavy atom. The fraction of sp³-hybridized carbons (Fsp3) is 0.529. The van der Waals surface area contributed by atoms with Gasteiger partial charge in [0.2, 0.25) is 0 Å². The number of aromatic nitrogens is 4. The number of aryl methyl sites for hydroxylation is 2. The summed E-state index contributed by atoms with van der Waals surface area (Å²) in [7, 11) is 0. The highest BCUT2D eigenvalue weighted by atomic mass is 127. The highest BCUT2D eigenvalue weighted by molar-refractivity contribution is 14.0. The van der Waals surface area contributed by atoms with Gasteiger partial charge in [-0.3, -0.25) is 9.98 Å². The number of hydrogen-bond donors (Lipinski definition) is 2. The highest BCUT2D eigenvalue weighted by Crippen LogP contribution is 2.11. The summed E-state index contributed by atoms with van der Waals surface area (Å²) in [5.74, 6) is 1.95. The van der Waals surface area contributed by atoms with Crippen LogP contribution < -0.4 is 10.6 Å². The summed E-state index contributed by atoms with van der Waals surface area (Å²) in [6.07, 6.45) is 8.30. The molecule has 2 aromatic heterocycles. The number of halogens is 1. The number of fused-ring (bicyclic) bond motifs is 1. The van der Waals surface area contributed by atoms with Crippen molar-refractivity contribution in [2.24, 2.45) is 4.99 Å². The van der Waals surface area contributed by atoms with Crippen LogP contribution in [0.1, 0.15) is 30.3 Å². The Labute approximate surface area is 165 Å². The largest absolute Gasteiger partial charge is 0.357 e. The fourth-order valence-electron chi connectivity index (χ4n) is 2.94. The van der Waals surface area contributed by atoms with Crippen LogP contribution in [-0.2, 0) is 19.4 Å². The molecule has 1 aliphatic heterocycles. The zero-order chi connectivity index (χ0) is 16.8. The number of aliphatic imine (C=N–C) groups is 1. The lowest BCUT2D eigenvalue weighted by atomic mass is 10.1. The molecule has 136 valence electrons. The first-order valence-electron chi connectivity index (χ1n) is 8.57. The Balaban J connectivity index is 0.00000225. The monoisotopic (exact) mass is 455 g/mol. The highest BCUT2D eigenvalue weighted by Gasteiger charge is 2.20. The quantitative estimate of drug-likeness (QED) is 0.408. The molecule has 1 unspecified atom stereocenters. The van der Waals surface area contributed by atoms with Crippen LogP contribution in [0.3, 0.4) is 0 Å². The molecule has 0 aromatic carbocycles. The normalized spacial score (nSPS) is 16.7. The van der Waals surface area contributed by atoms with Crippen LogP contribution in [-0.4, -0.2) is 44.8 Å². The minimum absolute atomic E-state index is 0. The van der Waals surface area contributed by atoms with Gasteiger partial charge in [0.25, 0.3) is 0 Å². The maximum Gasteiger partial charge on any atom is 0.191 e. The summed E-state index contributed by atoms with van der Waals surface area (Å²) < 4.78 is 1.98. The van der Waals surface area contributed by atoms with Crippen LogP contribution >= 0.6 is 24.0 Å². The number of pyridine rings is 1. The molecule has 2 N–H and O–H groups in total. The van der Waals surface area contributed by atoms with E-state index in [2.05, 4.69) is 45.6 Å². The first-order chi connectivity index (χ1) is 11.8. The number of nitrogens with zero attached hydrogens (tertiary/aromatic N) is 5. The average molecular weight is 455 g/mol. The van der Waals surface area contributed by atoms with Crippen molar-refractivity contribution in [2.75, 3.05) is 13.1 Å².